The maximum absolute atomic E-state index is 13.7. The third kappa shape index (κ3) is 5.84. The second-order valence-corrected chi connectivity index (χ2v) is 6.26. The summed E-state index contributed by atoms with van der Waals surface area (Å²) in [6.45, 7) is 0.228. The molecule has 0 unspecified atom stereocenters. The predicted octanol–water partition coefficient (Wildman–Crippen LogP) is 3.35. The fourth-order valence-electron chi connectivity index (χ4n) is 2.68. The maximum Gasteiger partial charge on any atom is 0.267 e. The molecule has 29 heavy (non-hydrogen) atoms. The molecular weight excluding hydrogens is 369 g/mol. The number of amides is 2. The number of pyridine rings is 1. The molecule has 0 saturated heterocycles. The van der Waals surface area contributed by atoms with Gasteiger partial charge in [0.2, 0.25) is 0 Å². The molecule has 0 saturated carbocycles. The van der Waals surface area contributed by atoms with E-state index in [2.05, 4.69) is 15.6 Å². The Morgan fingerprint density at radius 2 is 1.72 bits per heavy atom. The molecule has 146 valence electrons. The van der Waals surface area contributed by atoms with E-state index in [1.807, 2.05) is 0 Å². The number of nitrogens with zero attached hydrogens (tertiary/aromatic N) is 1. The fraction of sp³-hybridized carbons (Fsp3) is 0.0870. The van der Waals surface area contributed by atoms with Gasteiger partial charge in [-0.2, -0.15) is 0 Å². The number of benzene rings is 2. The Balaban J connectivity index is 1.72. The lowest BCUT2D eigenvalue weighted by Gasteiger charge is -2.11. The van der Waals surface area contributed by atoms with Crippen molar-refractivity contribution in [2.24, 2.45) is 0 Å². The zero-order valence-electron chi connectivity index (χ0n) is 15.6. The van der Waals surface area contributed by atoms with Crippen molar-refractivity contribution in [3.05, 3.63) is 107 Å². The van der Waals surface area contributed by atoms with Gasteiger partial charge in [-0.1, -0.05) is 42.5 Å². The van der Waals surface area contributed by atoms with Crippen molar-refractivity contribution in [3.8, 4) is 0 Å². The Hall–Kier alpha value is -3.80. The smallest absolute Gasteiger partial charge is 0.267 e. The topological polar surface area (TPSA) is 71.1 Å². The Bertz CT molecular complexity index is 1000. The van der Waals surface area contributed by atoms with Crippen molar-refractivity contribution in [1.29, 1.82) is 0 Å². The highest BCUT2D eigenvalue weighted by molar-refractivity contribution is 6.05. The third-order valence-corrected chi connectivity index (χ3v) is 4.16. The number of rotatable bonds is 7. The molecule has 0 bridgehead atoms. The highest BCUT2D eigenvalue weighted by Crippen LogP contribution is 2.08. The Kier molecular flexibility index (Phi) is 6.84. The van der Waals surface area contributed by atoms with Gasteiger partial charge in [0.1, 0.15) is 11.5 Å². The van der Waals surface area contributed by atoms with Crippen LogP contribution in [-0.4, -0.2) is 23.3 Å². The van der Waals surface area contributed by atoms with E-state index < -0.39 is 11.8 Å². The molecule has 0 radical (unpaired) electrons. The molecule has 2 aromatic carbocycles. The van der Waals surface area contributed by atoms with Crippen LogP contribution in [0.15, 0.2) is 84.8 Å². The van der Waals surface area contributed by atoms with Gasteiger partial charge in [-0.15, -0.1) is 0 Å². The van der Waals surface area contributed by atoms with Crippen molar-refractivity contribution >= 4 is 17.9 Å². The van der Waals surface area contributed by atoms with Gasteiger partial charge in [-0.05, 0) is 47.9 Å². The first-order valence-electron chi connectivity index (χ1n) is 9.13. The molecule has 0 aliphatic rings. The summed E-state index contributed by atoms with van der Waals surface area (Å²) in [6, 6.07) is 18.5. The quantitative estimate of drug-likeness (QED) is 0.609. The number of aromatic nitrogens is 1. The van der Waals surface area contributed by atoms with Crippen LogP contribution in [0.5, 0.6) is 0 Å². The van der Waals surface area contributed by atoms with Gasteiger partial charge < -0.3 is 10.6 Å². The van der Waals surface area contributed by atoms with Gasteiger partial charge in [0, 0.05) is 24.5 Å². The number of carbonyl (C=O) groups excluding carboxylic acids is 2. The van der Waals surface area contributed by atoms with E-state index in [-0.39, 0.29) is 18.1 Å². The summed E-state index contributed by atoms with van der Waals surface area (Å²) in [4.78, 5) is 29.2. The molecular formula is C23H20FN3O2. The van der Waals surface area contributed by atoms with Crippen LogP contribution in [-0.2, 0) is 11.2 Å². The molecule has 0 atom stereocenters. The zero-order valence-corrected chi connectivity index (χ0v) is 15.6. The lowest BCUT2D eigenvalue weighted by Crippen LogP contribution is -2.35. The molecule has 1 aromatic heterocycles. The first-order chi connectivity index (χ1) is 14.1. The van der Waals surface area contributed by atoms with Gasteiger partial charge in [-0.3, -0.25) is 14.6 Å². The normalized spacial score (nSPS) is 11.0. The summed E-state index contributed by atoms with van der Waals surface area (Å²) in [5.74, 6) is -1.18. The van der Waals surface area contributed by atoms with E-state index in [4.69, 9.17) is 0 Å². The molecule has 0 aliphatic carbocycles. The lowest BCUT2D eigenvalue weighted by atomic mass is 10.1. The number of halogens is 1. The van der Waals surface area contributed by atoms with Crippen LogP contribution in [0.1, 0.15) is 21.5 Å². The molecule has 0 spiro atoms. The summed E-state index contributed by atoms with van der Waals surface area (Å²) in [5, 5.41) is 5.38. The number of hydrogen-bond donors (Lipinski definition) is 2. The van der Waals surface area contributed by atoms with Crippen molar-refractivity contribution < 1.29 is 14.0 Å². The molecule has 0 aliphatic heterocycles. The van der Waals surface area contributed by atoms with Gasteiger partial charge in [-0.25, -0.2) is 4.39 Å². The first-order valence-corrected chi connectivity index (χ1v) is 9.13. The maximum atomic E-state index is 13.7. The van der Waals surface area contributed by atoms with Crippen LogP contribution in [0.2, 0.25) is 0 Å². The molecule has 3 aromatic rings. The minimum Gasteiger partial charge on any atom is -0.350 e. The summed E-state index contributed by atoms with van der Waals surface area (Å²) >= 11 is 0. The summed E-state index contributed by atoms with van der Waals surface area (Å²) < 4.78 is 13.7. The van der Waals surface area contributed by atoms with Gasteiger partial charge >= 0.3 is 0 Å². The van der Waals surface area contributed by atoms with E-state index in [1.54, 1.807) is 79.1 Å². The van der Waals surface area contributed by atoms with Crippen LogP contribution in [0.3, 0.4) is 0 Å². The fourth-order valence-corrected chi connectivity index (χ4v) is 2.68. The van der Waals surface area contributed by atoms with Crippen LogP contribution in [0.4, 0.5) is 4.39 Å². The van der Waals surface area contributed by atoms with E-state index >= 15 is 0 Å². The van der Waals surface area contributed by atoms with Crippen molar-refractivity contribution in [2.75, 3.05) is 6.54 Å². The van der Waals surface area contributed by atoms with Crippen molar-refractivity contribution in [1.82, 2.24) is 15.6 Å². The second kappa shape index (κ2) is 9.94. The minimum absolute atomic E-state index is 0.0837. The highest BCUT2D eigenvalue weighted by atomic mass is 19.1. The Morgan fingerprint density at radius 3 is 2.45 bits per heavy atom. The molecule has 5 nitrogen and oxygen atoms in total. The van der Waals surface area contributed by atoms with Crippen LogP contribution in [0, 0.1) is 5.82 Å². The number of hydrogen-bond acceptors (Lipinski definition) is 3. The lowest BCUT2D eigenvalue weighted by molar-refractivity contribution is -0.117. The van der Waals surface area contributed by atoms with E-state index in [9.17, 15) is 14.0 Å². The van der Waals surface area contributed by atoms with Crippen LogP contribution in [0.25, 0.3) is 6.08 Å². The third-order valence-electron chi connectivity index (χ3n) is 4.16. The van der Waals surface area contributed by atoms with Crippen LogP contribution < -0.4 is 10.6 Å². The largest absolute Gasteiger partial charge is 0.350 e. The highest BCUT2D eigenvalue weighted by Gasteiger charge is 2.14. The van der Waals surface area contributed by atoms with Crippen molar-refractivity contribution in [2.45, 2.75) is 6.42 Å². The number of nitrogens with one attached hydrogen (secondary N) is 2. The monoisotopic (exact) mass is 389 g/mol. The standard InChI is InChI=1S/C23H20FN3O2/c24-20-11-5-4-8-18(20)12-14-26-23(29)21(15-17-7-6-13-25-16-17)27-22(28)19-9-2-1-3-10-19/h1-11,13,15-16H,12,14H2,(H,26,29)(H,27,28). The molecule has 1 heterocycles. The second-order valence-electron chi connectivity index (χ2n) is 6.26. The average molecular weight is 389 g/mol. The van der Waals surface area contributed by atoms with Gasteiger partial charge in [0.25, 0.3) is 11.8 Å². The Labute approximate surface area is 168 Å². The zero-order chi connectivity index (χ0) is 20.5. The van der Waals surface area contributed by atoms with Gasteiger partial charge in [0.15, 0.2) is 0 Å². The summed E-state index contributed by atoms with van der Waals surface area (Å²) in [7, 11) is 0. The van der Waals surface area contributed by atoms with E-state index in [0.717, 1.165) is 0 Å². The first kappa shape index (κ1) is 19.9. The van der Waals surface area contributed by atoms with Crippen LogP contribution >= 0.6 is 0 Å². The molecule has 3 rings (SSSR count). The predicted molar refractivity (Wildman–Crippen MR) is 109 cm³/mol. The van der Waals surface area contributed by atoms with E-state index in [0.29, 0.717) is 23.1 Å². The van der Waals surface area contributed by atoms with Crippen molar-refractivity contribution in [3.63, 3.8) is 0 Å². The molecule has 2 N–H and O–H groups in total. The summed E-state index contributed by atoms with van der Waals surface area (Å²) in [6.07, 6.45) is 5.09. The SMILES string of the molecule is O=C(NCCc1ccccc1F)C(=Cc1cccnc1)NC(=O)c1ccccc1. The average Bonchev–Trinajstić information content (AvgIpc) is 2.76. The Morgan fingerprint density at radius 1 is 0.966 bits per heavy atom. The van der Waals surface area contributed by atoms with Gasteiger partial charge in [0.05, 0.1) is 0 Å². The summed E-state index contributed by atoms with van der Waals surface area (Å²) in [5.41, 5.74) is 1.70. The molecule has 2 amide bonds. The minimum atomic E-state index is -0.463. The number of carbonyl (C=O) groups is 2. The molecule has 6 heteroatoms. The molecule has 0 fully saturated rings. The van der Waals surface area contributed by atoms with E-state index in [1.165, 1.54) is 6.07 Å².